The first-order valence-corrected chi connectivity index (χ1v) is 6.22. The number of nitrogens with one attached hydrogen (secondary N) is 2. The Hall–Kier alpha value is -2.36. The summed E-state index contributed by atoms with van der Waals surface area (Å²) >= 11 is 0. The summed E-state index contributed by atoms with van der Waals surface area (Å²) in [5.74, 6) is 0.806. The third kappa shape index (κ3) is 3.31. The number of hydrogen-bond acceptors (Lipinski definition) is 5. The summed E-state index contributed by atoms with van der Waals surface area (Å²) in [6, 6.07) is 1.92. The Labute approximate surface area is 111 Å². The molecule has 1 aliphatic rings. The monoisotopic (exact) mass is 260 g/mol. The van der Waals surface area contributed by atoms with Crippen molar-refractivity contribution in [3.63, 3.8) is 0 Å². The number of carbonyl (C=O) groups excluding carboxylic acids is 1. The summed E-state index contributed by atoms with van der Waals surface area (Å²) in [4.78, 5) is 17.7. The van der Waals surface area contributed by atoms with Gasteiger partial charge in [0.15, 0.2) is 0 Å². The van der Waals surface area contributed by atoms with Gasteiger partial charge < -0.3 is 10.2 Å². The maximum atomic E-state index is 12.1. The van der Waals surface area contributed by atoms with E-state index >= 15 is 0 Å². The smallest absolute Gasteiger partial charge is 0.266 e. The average molecular weight is 260 g/mol. The number of hydrogen-bond donors (Lipinski definition) is 2. The van der Waals surface area contributed by atoms with Gasteiger partial charge in [-0.1, -0.05) is 6.92 Å². The number of nitrogens with zero attached hydrogens (tertiary/aromatic N) is 4. The lowest BCUT2D eigenvalue weighted by Gasteiger charge is -2.30. The van der Waals surface area contributed by atoms with Crippen molar-refractivity contribution < 1.29 is 4.79 Å². The molecule has 0 aromatic carbocycles. The van der Waals surface area contributed by atoms with Gasteiger partial charge in [-0.05, 0) is 18.8 Å². The molecule has 1 aromatic heterocycles. The summed E-state index contributed by atoms with van der Waals surface area (Å²) in [5, 5.41) is 18.1. The van der Waals surface area contributed by atoms with Crippen LogP contribution >= 0.6 is 0 Å². The van der Waals surface area contributed by atoms with Gasteiger partial charge in [-0.3, -0.25) is 4.79 Å². The third-order valence-electron chi connectivity index (χ3n) is 3.19. The standard InChI is InChI=1S/C12H16N6O/c1-9-2-4-18(5-3-9)11(19)10(6-13)7-14-12-15-8-16-17-12/h7-9H,2-5H2,1H3,(H2,14,15,16,17)/b10-7-. The largest absolute Gasteiger partial charge is 0.338 e. The Morgan fingerprint density at radius 2 is 2.37 bits per heavy atom. The van der Waals surface area contributed by atoms with E-state index in [0.29, 0.717) is 25.0 Å². The number of piperidine rings is 1. The van der Waals surface area contributed by atoms with E-state index in [9.17, 15) is 4.79 Å². The molecule has 100 valence electrons. The molecule has 0 bridgehead atoms. The van der Waals surface area contributed by atoms with E-state index in [1.807, 2.05) is 6.07 Å². The second kappa shape index (κ2) is 6.00. The lowest BCUT2D eigenvalue weighted by atomic mass is 9.99. The van der Waals surface area contributed by atoms with Gasteiger partial charge in [0, 0.05) is 19.3 Å². The first-order valence-electron chi connectivity index (χ1n) is 6.22. The Kier molecular flexibility index (Phi) is 4.13. The molecule has 7 heteroatoms. The molecule has 2 rings (SSSR count). The molecule has 1 aromatic rings. The Bertz CT molecular complexity index is 493. The maximum absolute atomic E-state index is 12.1. The maximum Gasteiger partial charge on any atom is 0.266 e. The van der Waals surface area contributed by atoms with Crippen LogP contribution in [0.3, 0.4) is 0 Å². The van der Waals surface area contributed by atoms with E-state index in [1.165, 1.54) is 12.5 Å². The number of likely N-dealkylation sites (tertiary alicyclic amines) is 1. The van der Waals surface area contributed by atoms with Crippen molar-refractivity contribution in [1.29, 1.82) is 5.26 Å². The first kappa shape index (κ1) is 13.1. The quantitative estimate of drug-likeness (QED) is 0.621. The average Bonchev–Trinajstić information content (AvgIpc) is 2.93. The fourth-order valence-corrected chi connectivity index (χ4v) is 1.94. The number of H-pyrrole nitrogens is 1. The second-order valence-corrected chi connectivity index (χ2v) is 4.62. The van der Waals surface area contributed by atoms with Crippen molar-refractivity contribution in [2.24, 2.45) is 5.92 Å². The zero-order chi connectivity index (χ0) is 13.7. The molecule has 2 heterocycles. The fourth-order valence-electron chi connectivity index (χ4n) is 1.94. The number of rotatable bonds is 3. The highest BCUT2D eigenvalue weighted by Gasteiger charge is 2.22. The van der Waals surface area contributed by atoms with Crippen molar-refractivity contribution in [2.45, 2.75) is 19.8 Å². The van der Waals surface area contributed by atoms with E-state index in [-0.39, 0.29) is 11.5 Å². The van der Waals surface area contributed by atoms with Crippen LogP contribution in [0.1, 0.15) is 19.8 Å². The molecule has 0 atom stereocenters. The molecule has 2 N–H and O–H groups in total. The number of anilines is 1. The van der Waals surface area contributed by atoms with Crippen LogP contribution in [-0.2, 0) is 4.79 Å². The number of carbonyl (C=O) groups is 1. The van der Waals surface area contributed by atoms with E-state index in [2.05, 4.69) is 27.4 Å². The number of nitriles is 1. The molecule has 0 unspecified atom stereocenters. The highest BCUT2D eigenvalue weighted by molar-refractivity contribution is 5.97. The molecule has 0 spiro atoms. The normalized spacial score (nSPS) is 17.1. The molecule has 0 saturated carbocycles. The molecule has 19 heavy (non-hydrogen) atoms. The molecular formula is C12H16N6O. The van der Waals surface area contributed by atoms with Crippen LogP contribution in [0.5, 0.6) is 0 Å². The Morgan fingerprint density at radius 1 is 1.63 bits per heavy atom. The predicted molar refractivity (Wildman–Crippen MR) is 68.7 cm³/mol. The lowest BCUT2D eigenvalue weighted by Crippen LogP contribution is -2.38. The lowest BCUT2D eigenvalue weighted by molar-refractivity contribution is -0.128. The van der Waals surface area contributed by atoms with Crippen LogP contribution in [0.15, 0.2) is 18.1 Å². The SMILES string of the molecule is CC1CCN(C(=O)/C(C#N)=C\Nc2ncn[nH]2)CC1. The van der Waals surface area contributed by atoms with Gasteiger partial charge in [0.05, 0.1) is 0 Å². The van der Waals surface area contributed by atoms with Gasteiger partial charge in [0.25, 0.3) is 5.91 Å². The Morgan fingerprint density at radius 3 is 2.95 bits per heavy atom. The summed E-state index contributed by atoms with van der Waals surface area (Å²) in [7, 11) is 0. The van der Waals surface area contributed by atoms with E-state index in [4.69, 9.17) is 5.26 Å². The molecule has 1 fully saturated rings. The minimum atomic E-state index is -0.235. The van der Waals surface area contributed by atoms with E-state index in [1.54, 1.807) is 4.90 Å². The molecule has 1 amide bonds. The first-order chi connectivity index (χ1) is 9.20. The van der Waals surface area contributed by atoms with Gasteiger partial charge >= 0.3 is 0 Å². The van der Waals surface area contributed by atoms with Crippen LogP contribution in [-0.4, -0.2) is 39.1 Å². The molecule has 1 saturated heterocycles. The minimum absolute atomic E-state index is 0.0750. The van der Waals surface area contributed by atoms with Gasteiger partial charge in [-0.15, -0.1) is 0 Å². The summed E-state index contributed by atoms with van der Waals surface area (Å²) in [5.41, 5.74) is 0.0750. The third-order valence-corrected chi connectivity index (χ3v) is 3.19. The zero-order valence-electron chi connectivity index (χ0n) is 10.8. The van der Waals surface area contributed by atoms with Gasteiger partial charge in [-0.25, -0.2) is 5.10 Å². The molecule has 0 radical (unpaired) electrons. The van der Waals surface area contributed by atoms with Gasteiger partial charge in [0.2, 0.25) is 5.95 Å². The molecule has 0 aliphatic carbocycles. The highest BCUT2D eigenvalue weighted by atomic mass is 16.2. The molecular weight excluding hydrogens is 244 g/mol. The Balaban J connectivity index is 1.99. The van der Waals surface area contributed by atoms with E-state index < -0.39 is 0 Å². The van der Waals surface area contributed by atoms with Crippen LogP contribution in [0.4, 0.5) is 5.95 Å². The van der Waals surface area contributed by atoms with E-state index in [0.717, 1.165) is 12.8 Å². The van der Waals surface area contributed by atoms with Crippen molar-refractivity contribution in [3.8, 4) is 6.07 Å². The predicted octanol–water partition coefficient (Wildman–Crippen LogP) is 0.883. The second-order valence-electron chi connectivity index (χ2n) is 4.62. The van der Waals surface area contributed by atoms with Crippen molar-refractivity contribution >= 4 is 11.9 Å². The zero-order valence-corrected chi connectivity index (χ0v) is 10.8. The minimum Gasteiger partial charge on any atom is -0.338 e. The summed E-state index contributed by atoms with van der Waals surface area (Å²) < 4.78 is 0. The molecule has 1 aliphatic heterocycles. The number of amides is 1. The van der Waals surface area contributed by atoms with Crippen molar-refractivity contribution in [3.05, 3.63) is 18.1 Å². The van der Waals surface area contributed by atoms with Crippen LogP contribution < -0.4 is 5.32 Å². The number of aromatic nitrogens is 3. The van der Waals surface area contributed by atoms with Crippen molar-refractivity contribution in [1.82, 2.24) is 20.1 Å². The van der Waals surface area contributed by atoms with Gasteiger partial charge in [0.1, 0.15) is 18.0 Å². The highest BCUT2D eigenvalue weighted by Crippen LogP contribution is 2.17. The fraction of sp³-hybridized carbons (Fsp3) is 0.500. The van der Waals surface area contributed by atoms with Gasteiger partial charge in [-0.2, -0.15) is 15.3 Å². The van der Waals surface area contributed by atoms with Crippen LogP contribution in [0.25, 0.3) is 0 Å². The van der Waals surface area contributed by atoms with Crippen LogP contribution in [0, 0.1) is 17.2 Å². The summed E-state index contributed by atoms with van der Waals surface area (Å²) in [6.07, 6.45) is 4.68. The topological polar surface area (TPSA) is 97.7 Å². The van der Waals surface area contributed by atoms with Crippen LogP contribution in [0.2, 0.25) is 0 Å². The number of aromatic amines is 1. The summed E-state index contributed by atoms with van der Waals surface area (Å²) in [6.45, 7) is 3.59. The molecule has 7 nitrogen and oxygen atoms in total. The van der Waals surface area contributed by atoms with Crippen molar-refractivity contribution in [2.75, 3.05) is 18.4 Å².